The van der Waals surface area contributed by atoms with Gasteiger partial charge in [-0.2, -0.15) is 0 Å². The van der Waals surface area contributed by atoms with Crippen LogP contribution in [-0.4, -0.2) is 29.1 Å². The van der Waals surface area contributed by atoms with Crippen LogP contribution in [0.3, 0.4) is 0 Å². The van der Waals surface area contributed by atoms with Gasteiger partial charge in [-0.05, 0) is 11.8 Å². The third kappa shape index (κ3) is 13.6. The molecule has 0 aromatic carbocycles. The number of thiol groups is 1. The number of rotatable bonds is 4. The van der Waals surface area contributed by atoms with Crippen molar-refractivity contribution in [2.75, 3.05) is 12.0 Å². The number of nitrogens with two attached hydrogens (primary N) is 1. The third-order valence-corrected chi connectivity index (χ3v) is 1.69. The van der Waals surface area contributed by atoms with Crippen LogP contribution >= 0.6 is 19.1 Å². The molecule has 0 aromatic rings. The SMILES string of the molecule is C[SH+]CCC(N)C(=O)O.[Cl][Pd][Cl]. The van der Waals surface area contributed by atoms with E-state index in [1.54, 1.807) is 0 Å². The topological polar surface area (TPSA) is 63.3 Å². The maximum atomic E-state index is 10.1. The summed E-state index contributed by atoms with van der Waals surface area (Å²) in [6.45, 7) is 0. The summed E-state index contributed by atoms with van der Waals surface area (Å²) in [7, 11) is 9.63. The molecule has 1 unspecified atom stereocenters. The summed E-state index contributed by atoms with van der Waals surface area (Å²) in [5, 5.41) is 8.28. The molecule has 0 aliphatic rings. The van der Waals surface area contributed by atoms with Crippen LogP contribution in [0.5, 0.6) is 0 Å². The van der Waals surface area contributed by atoms with Crippen molar-refractivity contribution in [1.29, 1.82) is 0 Å². The van der Waals surface area contributed by atoms with Crippen LogP contribution in [0.2, 0.25) is 0 Å². The Morgan fingerprint density at radius 3 is 2.42 bits per heavy atom. The second-order valence-electron chi connectivity index (χ2n) is 1.82. The first-order valence-electron chi connectivity index (χ1n) is 2.96. The van der Waals surface area contributed by atoms with Crippen molar-refractivity contribution in [3.63, 3.8) is 0 Å². The average Bonchev–Trinajstić information content (AvgIpc) is 2.01. The van der Waals surface area contributed by atoms with Crippen LogP contribution in [0.25, 0.3) is 0 Å². The molecule has 0 saturated carbocycles. The van der Waals surface area contributed by atoms with Gasteiger partial charge in [0.1, 0.15) is 11.8 Å². The second kappa shape index (κ2) is 12.0. The molecule has 0 saturated heterocycles. The summed E-state index contributed by atoms with van der Waals surface area (Å²) in [5.74, 6) is -0.0355. The molecule has 3 N–H and O–H groups in total. The van der Waals surface area contributed by atoms with Crippen molar-refractivity contribution in [3.05, 3.63) is 0 Å². The number of hydrogen-bond acceptors (Lipinski definition) is 2. The Bertz CT molecular complexity index is 120. The summed E-state index contributed by atoms with van der Waals surface area (Å²) in [6.07, 6.45) is 2.56. The van der Waals surface area contributed by atoms with Crippen LogP contribution in [0.4, 0.5) is 0 Å². The summed E-state index contributed by atoms with van der Waals surface area (Å²) >= 11 is 1.10. The van der Waals surface area contributed by atoms with E-state index in [1.165, 1.54) is 11.8 Å². The number of aliphatic carboxylic acids is 1. The Balaban J connectivity index is 0. The fourth-order valence-corrected chi connectivity index (χ4v) is 0.928. The van der Waals surface area contributed by atoms with Gasteiger partial charge in [-0.1, -0.05) is 0 Å². The number of hydrogen-bond donors (Lipinski definition) is 2. The quantitative estimate of drug-likeness (QED) is 0.452. The van der Waals surface area contributed by atoms with Gasteiger partial charge < -0.3 is 10.8 Å². The zero-order valence-corrected chi connectivity index (χ0v) is 10.4. The van der Waals surface area contributed by atoms with Gasteiger partial charge in [-0.3, -0.25) is 4.79 Å². The maximum absolute atomic E-state index is 10.1. The molecule has 0 rings (SSSR count). The number of carbonyl (C=O) groups is 1. The summed E-state index contributed by atoms with van der Waals surface area (Å²) < 4.78 is 0. The number of carboxylic acids is 1. The van der Waals surface area contributed by atoms with Gasteiger partial charge >= 0.3 is 41.0 Å². The fourth-order valence-electron chi connectivity index (χ4n) is 0.392. The molecule has 1 atom stereocenters. The predicted octanol–water partition coefficient (Wildman–Crippen LogP) is 0.610. The van der Waals surface area contributed by atoms with Crippen molar-refractivity contribution in [2.24, 2.45) is 5.73 Å². The summed E-state index contributed by atoms with van der Waals surface area (Å²) in [5.41, 5.74) is 5.20. The van der Waals surface area contributed by atoms with Crippen molar-refractivity contribution in [1.82, 2.24) is 0 Å². The standard InChI is InChI=1S/C5H11NO2S.2ClH.Pd/c1-9-3-2-4(6)5(7)8;;;/h4H,2-3,6H2,1H3,(H,7,8);2*1H;/q;;;+2/p-1. The van der Waals surface area contributed by atoms with Crippen LogP contribution in [0.1, 0.15) is 6.42 Å². The Kier molecular flexibility index (Phi) is 15.5. The van der Waals surface area contributed by atoms with E-state index in [0.29, 0.717) is 6.42 Å². The molecule has 0 aliphatic carbocycles. The van der Waals surface area contributed by atoms with Crippen LogP contribution < -0.4 is 5.73 Å². The van der Waals surface area contributed by atoms with Gasteiger partial charge in [0.25, 0.3) is 0 Å². The van der Waals surface area contributed by atoms with Gasteiger partial charge in [0.05, 0.1) is 6.26 Å². The monoisotopic (exact) mass is 326 g/mol. The third-order valence-electron chi connectivity index (χ3n) is 0.981. The Hall–Kier alpha value is 1.02. The Labute approximate surface area is 92.5 Å². The molecule has 3 nitrogen and oxygen atoms in total. The first kappa shape index (κ1) is 15.5. The van der Waals surface area contributed by atoms with E-state index in [0.717, 1.165) is 5.75 Å². The Morgan fingerprint density at radius 2 is 2.17 bits per heavy atom. The molecule has 0 amide bonds. The minimum absolute atomic E-state index is 0.106. The average molecular weight is 328 g/mol. The predicted molar refractivity (Wildman–Crippen MR) is 51.5 cm³/mol. The van der Waals surface area contributed by atoms with Crippen molar-refractivity contribution in [3.8, 4) is 0 Å². The van der Waals surface area contributed by atoms with Crippen molar-refractivity contribution >= 4 is 36.8 Å². The fraction of sp³-hybridized carbons (Fsp3) is 0.800. The zero-order valence-electron chi connectivity index (χ0n) is 6.44. The van der Waals surface area contributed by atoms with E-state index >= 15 is 0 Å². The molecule has 0 radical (unpaired) electrons. The normalized spacial score (nSPS) is 11.7. The minimum atomic E-state index is -0.904. The second-order valence-corrected chi connectivity index (χ2v) is 5.26. The van der Waals surface area contributed by atoms with Gasteiger partial charge in [0, 0.05) is 6.42 Å². The molecular weight excluding hydrogens is 315 g/mol. The van der Waals surface area contributed by atoms with Crippen LogP contribution in [0, 0.1) is 0 Å². The van der Waals surface area contributed by atoms with E-state index in [4.69, 9.17) is 29.9 Å². The first-order valence-corrected chi connectivity index (χ1v) is 8.49. The van der Waals surface area contributed by atoms with Gasteiger partial charge in [0.15, 0.2) is 0 Å². The molecule has 0 spiro atoms. The van der Waals surface area contributed by atoms with E-state index in [1.807, 2.05) is 6.26 Å². The molecule has 7 heteroatoms. The van der Waals surface area contributed by atoms with Gasteiger partial charge in [0.2, 0.25) is 0 Å². The molecule has 12 heavy (non-hydrogen) atoms. The zero-order chi connectivity index (χ0) is 9.98. The molecule has 0 heterocycles. The molecule has 0 aromatic heterocycles. The molecule has 0 bridgehead atoms. The van der Waals surface area contributed by atoms with Crippen molar-refractivity contribution in [2.45, 2.75) is 12.5 Å². The van der Waals surface area contributed by atoms with E-state index in [-0.39, 0.29) is 15.9 Å². The Morgan fingerprint density at radius 1 is 1.75 bits per heavy atom. The van der Waals surface area contributed by atoms with E-state index < -0.39 is 12.0 Å². The van der Waals surface area contributed by atoms with Crippen LogP contribution in [-0.2, 0) is 32.5 Å². The number of halogens is 2. The van der Waals surface area contributed by atoms with Gasteiger partial charge in [-0.15, -0.1) is 0 Å². The molecular formula is C5H12Cl2NO2PdS+. The molecule has 78 valence electrons. The van der Waals surface area contributed by atoms with Crippen LogP contribution in [0.15, 0.2) is 0 Å². The number of carboxylic acid groups (broad SMARTS) is 1. The summed E-state index contributed by atoms with van der Waals surface area (Å²) in [4.78, 5) is 10.1. The van der Waals surface area contributed by atoms with Gasteiger partial charge in [-0.25, -0.2) is 0 Å². The summed E-state index contributed by atoms with van der Waals surface area (Å²) in [6, 6.07) is -0.669. The first-order chi connectivity index (χ1) is 5.59. The van der Waals surface area contributed by atoms with E-state index in [2.05, 4.69) is 0 Å². The van der Waals surface area contributed by atoms with Crippen molar-refractivity contribution < 1.29 is 25.8 Å². The van der Waals surface area contributed by atoms with E-state index in [9.17, 15) is 4.79 Å². The molecule has 0 aliphatic heterocycles. The molecule has 0 fully saturated rings.